The Kier molecular flexibility index (Phi) is 2.53. The first-order valence-corrected chi connectivity index (χ1v) is 5.06. The summed E-state index contributed by atoms with van der Waals surface area (Å²) in [5.74, 6) is 0. The second kappa shape index (κ2) is 3.82. The van der Waals surface area contributed by atoms with Crippen molar-refractivity contribution in [2.75, 3.05) is 18.4 Å². The van der Waals surface area contributed by atoms with Gasteiger partial charge in [-0.2, -0.15) is 0 Å². The zero-order valence-electron chi connectivity index (χ0n) is 6.79. The lowest BCUT2D eigenvalue weighted by Crippen LogP contribution is -2.35. The lowest BCUT2D eigenvalue weighted by molar-refractivity contribution is 0.479. The molecule has 0 saturated carbocycles. The number of hydrogen-bond donors (Lipinski definition) is 2. The highest BCUT2D eigenvalue weighted by atomic mass is 32.1. The number of nitrogens with zero attached hydrogens (tertiary/aromatic N) is 2. The summed E-state index contributed by atoms with van der Waals surface area (Å²) in [5, 5.41) is 15.4. The first kappa shape index (κ1) is 7.94. The van der Waals surface area contributed by atoms with E-state index in [1.54, 1.807) is 16.8 Å². The molecule has 2 N–H and O–H groups in total. The average Bonchev–Trinajstić information content (AvgIpc) is 2.59. The molecule has 0 amide bonds. The lowest BCUT2D eigenvalue weighted by Gasteiger charge is -2.22. The largest absolute Gasteiger partial charge is 0.357 e. The Balaban J connectivity index is 1.86. The summed E-state index contributed by atoms with van der Waals surface area (Å²) < 4.78 is 0. The molecule has 0 spiro atoms. The van der Waals surface area contributed by atoms with Gasteiger partial charge in [-0.25, -0.2) is 0 Å². The van der Waals surface area contributed by atoms with Crippen LogP contribution in [0, 0.1) is 0 Å². The van der Waals surface area contributed by atoms with E-state index in [9.17, 15) is 0 Å². The maximum absolute atomic E-state index is 3.95. The van der Waals surface area contributed by atoms with Crippen molar-refractivity contribution in [2.24, 2.45) is 0 Å². The van der Waals surface area contributed by atoms with Crippen molar-refractivity contribution in [3.8, 4) is 0 Å². The lowest BCUT2D eigenvalue weighted by atomic mass is 10.1. The summed E-state index contributed by atoms with van der Waals surface area (Å²) in [6.07, 6.45) is 2.36. The van der Waals surface area contributed by atoms with Crippen LogP contribution in [0.4, 0.5) is 5.13 Å². The maximum atomic E-state index is 3.95. The molecule has 0 bridgehead atoms. The molecule has 0 atom stereocenters. The van der Waals surface area contributed by atoms with Gasteiger partial charge in [0.1, 0.15) is 5.51 Å². The molecular formula is C7H12N4S. The van der Waals surface area contributed by atoms with E-state index in [0.717, 1.165) is 18.2 Å². The second-order valence-electron chi connectivity index (χ2n) is 2.91. The molecule has 1 fully saturated rings. The highest BCUT2D eigenvalue weighted by Gasteiger charge is 2.12. The molecule has 1 aromatic rings. The number of piperidine rings is 1. The SMILES string of the molecule is c1nnc(NC2CCNCC2)s1. The van der Waals surface area contributed by atoms with Gasteiger partial charge in [0.25, 0.3) is 0 Å². The van der Waals surface area contributed by atoms with Crippen molar-refractivity contribution in [3.63, 3.8) is 0 Å². The standard InChI is InChI=1S/C7H12N4S/c1-3-8-4-2-6(1)10-7-11-9-5-12-7/h5-6,8H,1-4H2,(H,10,11). The van der Waals surface area contributed by atoms with Gasteiger partial charge >= 0.3 is 0 Å². The van der Waals surface area contributed by atoms with Crippen molar-refractivity contribution in [1.82, 2.24) is 15.5 Å². The van der Waals surface area contributed by atoms with Crippen LogP contribution in [0.5, 0.6) is 0 Å². The van der Waals surface area contributed by atoms with Crippen LogP contribution in [-0.2, 0) is 0 Å². The van der Waals surface area contributed by atoms with Gasteiger partial charge in [0.2, 0.25) is 5.13 Å². The van der Waals surface area contributed by atoms with Crippen LogP contribution < -0.4 is 10.6 Å². The summed E-state index contributed by atoms with van der Waals surface area (Å²) in [6, 6.07) is 0.583. The van der Waals surface area contributed by atoms with Gasteiger partial charge < -0.3 is 10.6 Å². The fraction of sp³-hybridized carbons (Fsp3) is 0.714. The van der Waals surface area contributed by atoms with E-state index in [0.29, 0.717) is 6.04 Å². The molecule has 1 aliphatic rings. The van der Waals surface area contributed by atoms with Crippen LogP contribution in [0.3, 0.4) is 0 Å². The van der Waals surface area contributed by atoms with Crippen LogP contribution in [-0.4, -0.2) is 29.3 Å². The molecular weight excluding hydrogens is 172 g/mol. The molecule has 12 heavy (non-hydrogen) atoms. The van der Waals surface area contributed by atoms with E-state index in [1.807, 2.05) is 0 Å². The Hall–Kier alpha value is -0.680. The fourth-order valence-corrected chi connectivity index (χ4v) is 1.90. The van der Waals surface area contributed by atoms with Gasteiger partial charge in [-0.1, -0.05) is 11.3 Å². The predicted octanol–water partition coefficient (Wildman–Crippen LogP) is 0.702. The second-order valence-corrected chi connectivity index (χ2v) is 3.75. The van der Waals surface area contributed by atoms with Gasteiger partial charge in [-0.05, 0) is 25.9 Å². The molecule has 2 rings (SSSR count). The van der Waals surface area contributed by atoms with Crippen molar-refractivity contribution in [2.45, 2.75) is 18.9 Å². The number of aromatic nitrogens is 2. The summed E-state index contributed by atoms with van der Waals surface area (Å²) >= 11 is 1.56. The Morgan fingerprint density at radius 3 is 3.00 bits per heavy atom. The Morgan fingerprint density at radius 1 is 1.50 bits per heavy atom. The van der Waals surface area contributed by atoms with E-state index >= 15 is 0 Å². The number of nitrogens with one attached hydrogen (secondary N) is 2. The third-order valence-electron chi connectivity index (χ3n) is 2.03. The molecule has 4 nitrogen and oxygen atoms in total. The summed E-state index contributed by atoms with van der Waals surface area (Å²) in [7, 11) is 0. The summed E-state index contributed by atoms with van der Waals surface area (Å²) in [6.45, 7) is 2.22. The minimum absolute atomic E-state index is 0.583. The maximum Gasteiger partial charge on any atom is 0.205 e. The molecule has 0 aromatic carbocycles. The molecule has 0 unspecified atom stereocenters. The molecule has 66 valence electrons. The minimum atomic E-state index is 0.583. The van der Waals surface area contributed by atoms with E-state index in [1.165, 1.54) is 12.8 Å². The average molecular weight is 184 g/mol. The number of hydrogen-bond acceptors (Lipinski definition) is 5. The third kappa shape index (κ3) is 1.92. The van der Waals surface area contributed by atoms with E-state index in [4.69, 9.17) is 0 Å². The number of anilines is 1. The summed E-state index contributed by atoms with van der Waals surface area (Å²) in [4.78, 5) is 0. The Morgan fingerprint density at radius 2 is 2.33 bits per heavy atom. The zero-order chi connectivity index (χ0) is 8.23. The topological polar surface area (TPSA) is 49.8 Å². The summed E-state index contributed by atoms with van der Waals surface area (Å²) in [5.41, 5.74) is 1.75. The van der Waals surface area contributed by atoms with Gasteiger partial charge in [0.15, 0.2) is 0 Å². The van der Waals surface area contributed by atoms with Crippen molar-refractivity contribution >= 4 is 16.5 Å². The smallest absolute Gasteiger partial charge is 0.205 e. The molecule has 0 aliphatic carbocycles. The molecule has 0 radical (unpaired) electrons. The van der Waals surface area contributed by atoms with Crippen LogP contribution in [0.1, 0.15) is 12.8 Å². The van der Waals surface area contributed by atoms with Crippen molar-refractivity contribution in [1.29, 1.82) is 0 Å². The van der Waals surface area contributed by atoms with Crippen LogP contribution >= 0.6 is 11.3 Å². The molecule has 1 aliphatic heterocycles. The minimum Gasteiger partial charge on any atom is -0.357 e. The quantitative estimate of drug-likeness (QED) is 0.710. The normalized spacial score (nSPS) is 19.3. The molecule has 5 heteroatoms. The van der Waals surface area contributed by atoms with Gasteiger partial charge in [0, 0.05) is 6.04 Å². The Bertz CT molecular complexity index is 217. The van der Waals surface area contributed by atoms with E-state index < -0.39 is 0 Å². The Labute approximate surface area is 75.4 Å². The molecule has 1 aromatic heterocycles. The van der Waals surface area contributed by atoms with Crippen LogP contribution in [0.15, 0.2) is 5.51 Å². The molecule has 2 heterocycles. The monoisotopic (exact) mass is 184 g/mol. The number of rotatable bonds is 2. The van der Waals surface area contributed by atoms with Crippen LogP contribution in [0.25, 0.3) is 0 Å². The van der Waals surface area contributed by atoms with Crippen LogP contribution in [0.2, 0.25) is 0 Å². The van der Waals surface area contributed by atoms with E-state index in [2.05, 4.69) is 20.8 Å². The van der Waals surface area contributed by atoms with Gasteiger partial charge in [0.05, 0.1) is 0 Å². The van der Waals surface area contributed by atoms with Crippen molar-refractivity contribution < 1.29 is 0 Å². The van der Waals surface area contributed by atoms with Gasteiger partial charge in [-0.15, -0.1) is 10.2 Å². The zero-order valence-corrected chi connectivity index (χ0v) is 7.60. The van der Waals surface area contributed by atoms with Gasteiger partial charge in [-0.3, -0.25) is 0 Å². The highest BCUT2D eigenvalue weighted by Crippen LogP contribution is 2.13. The fourth-order valence-electron chi connectivity index (χ4n) is 1.38. The first-order valence-electron chi connectivity index (χ1n) is 4.18. The van der Waals surface area contributed by atoms with E-state index in [-0.39, 0.29) is 0 Å². The first-order chi connectivity index (χ1) is 5.95. The highest BCUT2D eigenvalue weighted by molar-refractivity contribution is 7.13. The third-order valence-corrected chi connectivity index (χ3v) is 2.65. The van der Waals surface area contributed by atoms with Crippen molar-refractivity contribution in [3.05, 3.63) is 5.51 Å². The predicted molar refractivity (Wildman–Crippen MR) is 49.4 cm³/mol. The molecule has 1 saturated heterocycles.